The summed E-state index contributed by atoms with van der Waals surface area (Å²) in [6.07, 6.45) is 1.52. The highest BCUT2D eigenvalue weighted by Crippen LogP contribution is 2.20. The van der Waals surface area contributed by atoms with Crippen LogP contribution in [0.4, 0.5) is 0 Å². The Labute approximate surface area is 164 Å². The minimum absolute atomic E-state index is 0.0407. The number of aromatic nitrogens is 3. The summed E-state index contributed by atoms with van der Waals surface area (Å²) in [4.78, 5) is 27.7. The molecule has 8 heteroatoms. The lowest BCUT2D eigenvalue weighted by atomic mass is 10.0. The lowest BCUT2D eigenvalue weighted by Gasteiger charge is -2.37. The van der Waals surface area contributed by atoms with Crippen molar-refractivity contribution in [1.29, 1.82) is 0 Å². The molecule has 1 N–H and O–H groups in total. The number of aryl methyl sites for hydroxylation is 1. The number of likely N-dealkylation sites (tertiary alicyclic amines) is 1. The van der Waals surface area contributed by atoms with Crippen LogP contribution in [-0.2, 0) is 4.79 Å². The van der Waals surface area contributed by atoms with Gasteiger partial charge in [-0.15, -0.1) is 5.10 Å². The van der Waals surface area contributed by atoms with Gasteiger partial charge in [-0.05, 0) is 50.9 Å². The number of benzene rings is 1. The van der Waals surface area contributed by atoms with E-state index in [1.807, 2.05) is 49.9 Å². The topological polar surface area (TPSA) is 91.6 Å². The molecule has 150 valence electrons. The highest BCUT2D eigenvalue weighted by Gasteiger charge is 2.30. The van der Waals surface area contributed by atoms with E-state index in [-0.39, 0.29) is 18.5 Å². The van der Waals surface area contributed by atoms with Crippen LogP contribution in [0.3, 0.4) is 0 Å². The molecule has 0 aliphatic carbocycles. The number of carboxylic acids is 1. The second-order valence-electron chi connectivity index (χ2n) is 7.25. The highest BCUT2D eigenvalue weighted by atomic mass is 16.4. The maximum Gasteiger partial charge on any atom is 0.317 e. The van der Waals surface area contributed by atoms with E-state index in [2.05, 4.69) is 10.3 Å². The van der Waals surface area contributed by atoms with Crippen molar-refractivity contribution < 1.29 is 14.7 Å². The average molecular weight is 385 g/mol. The quantitative estimate of drug-likeness (QED) is 0.817. The molecule has 3 rings (SSSR count). The Morgan fingerprint density at radius 1 is 1.25 bits per heavy atom. The number of piperidine rings is 1. The molecule has 28 heavy (non-hydrogen) atoms. The Balaban J connectivity index is 1.68. The lowest BCUT2D eigenvalue weighted by Crippen LogP contribution is -2.48. The van der Waals surface area contributed by atoms with Crippen molar-refractivity contribution in [1.82, 2.24) is 24.8 Å². The Morgan fingerprint density at radius 2 is 1.96 bits per heavy atom. The van der Waals surface area contributed by atoms with E-state index in [4.69, 9.17) is 5.11 Å². The largest absolute Gasteiger partial charge is 0.480 e. The van der Waals surface area contributed by atoms with Crippen molar-refractivity contribution in [2.45, 2.75) is 39.7 Å². The number of carbonyl (C=O) groups excluding carboxylic acids is 1. The third-order valence-electron chi connectivity index (χ3n) is 5.36. The number of aliphatic carboxylic acids is 1. The predicted molar refractivity (Wildman–Crippen MR) is 105 cm³/mol. The Bertz CT molecular complexity index is 855. The molecule has 1 aromatic carbocycles. The van der Waals surface area contributed by atoms with Gasteiger partial charge in [-0.2, -0.15) is 0 Å². The van der Waals surface area contributed by atoms with Crippen molar-refractivity contribution in [3.05, 3.63) is 41.2 Å². The van der Waals surface area contributed by atoms with Crippen molar-refractivity contribution in [3.8, 4) is 5.69 Å². The third-order valence-corrected chi connectivity index (χ3v) is 5.36. The first-order valence-corrected chi connectivity index (χ1v) is 9.65. The van der Waals surface area contributed by atoms with Gasteiger partial charge in [-0.1, -0.05) is 24.3 Å². The average Bonchev–Trinajstić information content (AvgIpc) is 3.07. The van der Waals surface area contributed by atoms with E-state index in [1.54, 1.807) is 9.58 Å². The summed E-state index contributed by atoms with van der Waals surface area (Å²) in [7, 11) is 0. The monoisotopic (exact) mass is 385 g/mol. The molecule has 0 bridgehead atoms. The van der Waals surface area contributed by atoms with E-state index in [9.17, 15) is 9.59 Å². The van der Waals surface area contributed by atoms with Gasteiger partial charge in [-0.3, -0.25) is 14.5 Å². The standard InChI is InChI=1S/C20H27N5O3/c1-4-23(13-18(26)27)16-8-10-24(11-9-16)20(28)19-15(3)25(22-21-19)17-7-5-6-14(2)12-17/h5-7,12,16H,4,8-11,13H2,1-3H3,(H,26,27). The Hall–Kier alpha value is -2.74. The van der Waals surface area contributed by atoms with E-state index in [0.29, 0.717) is 25.3 Å². The van der Waals surface area contributed by atoms with Crippen molar-refractivity contribution in [3.63, 3.8) is 0 Å². The van der Waals surface area contributed by atoms with Crippen LogP contribution >= 0.6 is 0 Å². The molecule has 1 saturated heterocycles. The van der Waals surface area contributed by atoms with Crippen molar-refractivity contribution >= 4 is 11.9 Å². The molecule has 0 unspecified atom stereocenters. The smallest absolute Gasteiger partial charge is 0.317 e. The highest BCUT2D eigenvalue weighted by molar-refractivity contribution is 5.93. The van der Waals surface area contributed by atoms with Crippen LogP contribution in [0.1, 0.15) is 41.5 Å². The van der Waals surface area contributed by atoms with Gasteiger partial charge in [0.2, 0.25) is 0 Å². The summed E-state index contributed by atoms with van der Waals surface area (Å²) in [6, 6.07) is 8.10. The summed E-state index contributed by atoms with van der Waals surface area (Å²) in [5.41, 5.74) is 3.09. The van der Waals surface area contributed by atoms with Crippen LogP contribution < -0.4 is 0 Å². The fraction of sp³-hybridized carbons (Fsp3) is 0.500. The Kier molecular flexibility index (Phi) is 6.08. The molecule has 0 saturated carbocycles. The SMILES string of the molecule is CCN(CC(=O)O)C1CCN(C(=O)c2nnn(-c3cccc(C)c3)c2C)CC1. The second kappa shape index (κ2) is 8.52. The first-order valence-electron chi connectivity index (χ1n) is 9.65. The molecule has 0 radical (unpaired) electrons. The van der Waals surface area contributed by atoms with Crippen LogP contribution in [0.5, 0.6) is 0 Å². The van der Waals surface area contributed by atoms with Crippen LogP contribution in [0.25, 0.3) is 5.69 Å². The number of rotatable bonds is 6. The van der Waals surface area contributed by atoms with Crippen molar-refractivity contribution in [2.75, 3.05) is 26.2 Å². The molecule has 1 amide bonds. The number of carbonyl (C=O) groups is 2. The maximum absolute atomic E-state index is 13.0. The molecule has 0 spiro atoms. The number of nitrogens with zero attached hydrogens (tertiary/aromatic N) is 5. The summed E-state index contributed by atoms with van der Waals surface area (Å²) >= 11 is 0. The van der Waals surface area contributed by atoms with E-state index < -0.39 is 5.97 Å². The summed E-state index contributed by atoms with van der Waals surface area (Å²) < 4.78 is 1.69. The van der Waals surface area contributed by atoms with Crippen LogP contribution in [-0.4, -0.2) is 74.0 Å². The zero-order valence-electron chi connectivity index (χ0n) is 16.6. The number of carboxylic acid groups (broad SMARTS) is 1. The summed E-state index contributed by atoms with van der Waals surface area (Å²) in [5, 5.41) is 17.4. The van der Waals surface area contributed by atoms with Crippen molar-refractivity contribution in [2.24, 2.45) is 0 Å². The third kappa shape index (κ3) is 4.22. The molecule has 2 aromatic rings. The molecule has 0 atom stereocenters. The summed E-state index contributed by atoms with van der Waals surface area (Å²) in [6.45, 7) is 7.75. The van der Waals surface area contributed by atoms with E-state index in [1.165, 1.54) is 0 Å². The molecular weight excluding hydrogens is 358 g/mol. The van der Waals surface area contributed by atoms with Gasteiger partial charge in [0.1, 0.15) is 0 Å². The minimum Gasteiger partial charge on any atom is -0.480 e. The number of amides is 1. The van der Waals surface area contributed by atoms with Gasteiger partial charge < -0.3 is 10.0 Å². The van der Waals surface area contributed by atoms with Gasteiger partial charge >= 0.3 is 5.97 Å². The lowest BCUT2D eigenvalue weighted by molar-refractivity contribution is -0.139. The molecule has 1 aliphatic rings. The van der Waals surface area contributed by atoms with E-state index in [0.717, 1.165) is 29.8 Å². The normalized spacial score (nSPS) is 15.2. The number of hydrogen-bond acceptors (Lipinski definition) is 5. The Morgan fingerprint density at radius 3 is 2.57 bits per heavy atom. The first-order chi connectivity index (χ1) is 13.4. The predicted octanol–water partition coefficient (Wildman–Crippen LogP) is 1.90. The van der Waals surface area contributed by atoms with Crippen LogP contribution in [0, 0.1) is 13.8 Å². The molecule has 1 aromatic heterocycles. The van der Waals surface area contributed by atoms with Gasteiger partial charge in [-0.25, -0.2) is 4.68 Å². The van der Waals surface area contributed by atoms with Gasteiger partial charge in [0.15, 0.2) is 5.69 Å². The van der Waals surface area contributed by atoms with Crippen LogP contribution in [0.15, 0.2) is 24.3 Å². The molecular formula is C20H27N5O3. The summed E-state index contributed by atoms with van der Waals surface area (Å²) in [5.74, 6) is -0.931. The van der Waals surface area contributed by atoms with Gasteiger partial charge in [0, 0.05) is 19.1 Å². The van der Waals surface area contributed by atoms with E-state index >= 15 is 0 Å². The first kappa shape index (κ1) is 20.0. The van der Waals surface area contributed by atoms with Crippen LogP contribution in [0.2, 0.25) is 0 Å². The number of likely N-dealkylation sites (N-methyl/N-ethyl adjacent to an activating group) is 1. The zero-order valence-corrected chi connectivity index (χ0v) is 16.6. The van der Waals surface area contributed by atoms with Gasteiger partial charge in [0.05, 0.1) is 17.9 Å². The minimum atomic E-state index is -0.816. The maximum atomic E-state index is 13.0. The fourth-order valence-corrected chi connectivity index (χ4v) is 3.79. The molecule has 1 fully saturated rings. The molecule has 8 nitrogen and oxygen atoms in total. The second-order valence-corrected chi connectivity index (χ2v) is 7.25. The number of hydrogen-bond donors (Lipinski definition) is 1. The zero-order chi connectivity index (χ0) is 20.3. The molecule has 1 aliphatic heterocycles. The van der Waals surface area contributed by atoms with Gasteiger partial charge in [0.25, 0.3) is 5.91 Å². The fourth-order valence-electron chi connectivity index (χ4n) is 3.79. The molecule has 2 heterocycles.